The molecule has 170 valence electrons. The van der Waals surface area contributed by atoms with Crippen LogP contribution in [0.4, 0.5) is 5.69 Å². The van der Waals surface area contributed by atoms with Crippen LogP contribution in [0.5, 0.6) is 11.5 Å². The number of unbranched alkanes of at least 4 members (excludes halogenated alkanes) is 2. The van der Waals surface area contributed by atoms with Crippen molar-refractivity contribution in [1.82, 2.24) is 9.55 Å². The zero-order valence-electron chi connectivity index (χ0n) is 18.5. The first-order valence-electron chi connectivity index (χ1n) is 10.9. The molecule has 1 amide bonds. The molecular weight excluding hydrogens is 426 g/mol. The molecule has 0 saturated heterocycles. The van der Waals surface area contributed by atoms with Gasteiger partial charge >= 0.3 is 0 Å². The number of benzene rings is 2. The molecule has 0 spiro atoms. The van der Waals surface area contributed by atoms with Crippen LogP contribution in [-0.4, -0.2) is 28.7 Å². The van der Waals surface area contributed by atoms with E-state index in [0.29, 0.717) is 53.5 Å². The zero-order valence-corrected chi connectivity index (χ0v) is 19.3. The van der Waals surface area contributed by atoms with Gasteiger partial charge in [-0.1, -0.05) is 18.6 Å². The Hall–Kier alpha value is -3.13. The van der Waals surface area contributed by atoms with E-state index in [1.807, 2.05) is 32.0 Å². The van der Waals surface area contributed by atoms with Crippen LogP contribution < -0.4 is 20.3 Å². The molecule has 1 heterocycles. The van der Waals surface area contributed by atoms with Gasteiger partial charge in [-0.3, -0.25) is 14.2 Å². The van der Waals surface area contributed by atoms with Gasteiger partial charge in [0.25, 0.3) is 5.56 Å². The van der Waals surface area contributed by atoms with Crippen LogP contribution in [-0.2, 0) is 11.3 Å². The van der Waals surface area contributed by atoms with Crippen molar-refractivity contribution in [2.75, 3.05) is 18.5 Å². The van der Waals surface area contributed by atoms with E-state index < -0.39 is 0 Å². The number of fused-ring (bicyclic) bond motifs is 1. The Morgan fingerprint density at radius 3 is 2.56 bits per heavy atom. The Bertz CT molecular complexity index is 1190. The minimum absolute atomic E-state index is 0.0585. The fourth-order valence-corrected chi connectivity index (χ4v) is 3.77. The Morgan fingerprint density at radius 1 is 1.03 bits per heavy atom. The van der Waals surface area contributed by atoms with Crippen molar-refractivity contribution in [2.24, 2.45) is 0 Å². The number of hydrogen-bond acceptors (Lipinski definition) is 5. The maximum atomic E-state index is 12.7. The average Bonchev–Trinajstić information content (AvgIpc) is 2.77. The first-order chi connectivity index (χ1) is 15.5. The highest BCUT2D eigenvalue weighted by molar-refractivity contribution is 7.71. The van der Waals surface area contributed by atoms with E-state index in [2.05, 4.69) is 10.3 Å². The second-order valence-corrected chi connectivity index (χ2v) is 7.71. The highest BCUT2D eigenvalue weighted by atomic mass is 32.1. The summed E-state index contributed by atoms with van der Waals surface area (Å²) in [5, 5.41) is 3.53. The minimum atomic E-state index is -0.0808. The molecule has 0 aliphatic carbocycles. The van der Waals surface area contributed by atoms with Gasteiger partial charge in [0.1, 0.15) is 0 Å². The average molecular weight is 456 g/mol. The monoisotopic (exact) mass is 455 g/mol. The molecule has 2 N–H and O–H groups in total. The predicted octanol–water partition coefficient (Wildman–Crippen LogP) is 5.06. The van der Waals surface area contributed by atoms with Crippen molar-refractivity contribution < 1.29 is 14.3 Å². The molecule has 7 nitrogen and oxygen atoms in total. The summed E-state index contributed by atoms with van der Waals surface area (Å²) in [4.78, 5) is 28.1. The Balaban J connectivity index is 1.49. The Morgan fingerprint density at radius 2 is 1.78 bits per heavy atom. The van der Waals surface area contributed by atoms with Gasteiger partial charge < -0.3 is 19.8 Å². The lowest BCUT2D eigenvalue weighted by molar-refractivity contribution is -0.116. The molecule has 0 unspecified atom stereocenters. The lowest BCUT2D eigenvalue weighted by Crippen LogP contribution is -2.22. The van der Waals surface area contributed by atoms with E-state index in [0.717, 1.165) is 24.8 Å². The first-order valence-corrected chi connectivity index (χ1v) is 11.4. The third-order valence-corrected chi connectivity index (χ3v) is 5.32. The van der Waals surface area contributed by atoms with Crippen molar-refractivity contribution in [3.8, 4) is 11.5 Å². The summed E-state index contributed by atoms with van der Waals surface area (Å²) in [5.41, 5.74) is 1.34. The molecule has 0 atom stereocenters. The highest BCUT2D eigenvalue weighted by Crippen LogP contribution is 2.30. The molecule has 0 bridgehead atoms. The zero-order chi connectivity index (χ0) is 22.9. The summed E-state index contributed by atoms with van der Waals surface area (Å²) in [6.45, 7) is 5.40. The van der Waals surface area contributed by atoms with Crippen molar-refractivity contribution in [1.29, 1.82) is 0 Å². The SMILES string of the molecule is CCOc1ccc(NC(=O)CCCCCn2c(=S)[nH]c3ccccc3c2=O)cc1OCC. The maximum absolute atomic E-state index is 12.7. The number of nitrogens with zero attached hydrogens (tertiary/aromatic N) is 1. The number of hydrogen-bond donors (Lipinski definition) is 2. The lowest BCUT2D eigenvalue weighted by atomic mass is 10.1. The molecule has 3 aromatic rings. The number of amides is 1. The summed E-state index contributed by atoms with van der Waals surface area (Å²) in [6.07, 6.45) is 2.70. The molecule has 32 heavy (non-hydrogen) atoms. The summed E-state index contributed by atoms with van der Waals surface area (Å²) in [6, 6.07) is 12.7. The number of ether oxygens (including phenoxy) is 2. The second kappa shape index (κ2) is 11.5. The highest BCUT2D eigenvalue weighted by Gasteiger charge is 2.09. The van der Waals surface area contributed by atoms with E-state index in [4.69, 9.17) is 21.7 Å². The number of aromatic amines is 1. The van der Waals surface area contributed by atoms with Crippen LogP contribution in [0.25, 0.3) is 10.9 Å². The molecule has 0 aliphatic rings. The van der Waals surface area contributed by atoms with Crippen LogP contribution in [0, 0.1) is 4.77 Å². The van der Waals surface area contributed by atoms with Crippen molar-refractivity contribution in [3.63, 3.8) is 0 Å². The van der Waals surface area contributed by atoms with Gasteiger partial charge in [-0.05, 0) is 63.2 Å². The van der Waals surface area contributed by atoms with Gasteiger partial charge in [-0.25, -0.2) is 0 Å². The number of aromatic nitrogens is 2. The lowest BCUT2D eigenvalue weighted by Gasteiger charge is -2.13. The van der Waals surface area contributed by atoms with Crippen LogP contribution >= 0.6 is 12.2 Å². The number of carbonyl (C=O) groups is 1. The second-order valence-electron chi connectivity index (χ2n) is 7.32. The fourth-order valence-electron chi connectivity index (χ4n) is 3.49. The summed E-state index contributed by atoms with van der Waals surface area (Å²) >= 11 is 5.34. The molecule has 8 heteroatoms. The van der Waals surface area contributed by atoms with Crippen LogP contribution in [0.2, 0.25) is 0 Å². The van der Waals surface area contributed by atoms with Crippen molar-refractivity contribution in [2.45, 2.75) is 46.1 Å². The molecule has 3 rings (SSSR count). The van der Waals surface area contributed by atoms with Crippen molar-refractivity contribution >= 4 is 34.7 Å². The molecule has 1 aromatic heterocycles. The molecule has 0 aliphatic heterocycles. The summed E-state index contributed by atoms with van der Waals surface area (Å²) in [5.74, 6) is 1.22. The number of anilines is 1. The van der Waals surface area contributed by atoms with Gasteiger partial charge in [0.05, 0.1) is 24.1 Å². The summed E-state index contributed by atoms with van der Waals surface area (Å²) in [7, 11) is 0. The van der Waals surface area contributed by atoms with Gasteiger partial charge in [0, 0.05) is 24.7 Å². The van der Waals surface area contributed by atoms with Gasteiger partial charge in [-0.15, -0.1) is 0 Å². The molecular formula is C24H29N3O4S. The number of nitrogens with one attached hydrogen (secondary N) is 2. The topological polar surface area (TPSA) is 85.4 Å². The number of rotatable bonds is 11. The van der Waals surface area contributed by atoms with Crippen LogP contribution in [0.3, 0.4) is 0 Å². The number of H-pyrrole nitrogens is 1. The fraction of sp³-hybridized carbons (Fsp3) is 0.375. The molecule has 0 radical (unpaired) electrons. The third-order valence-electron chi connectivity index (χ3n) is 5.00. The largest absolute Gasteiger partial charge is 0.490 e. The maximum Gasteiger partial charge on any atom is 0.262 e. The standard InChI is InChI=1S/C24H29N3O4S/c1-3-30-20-14-13-17(16-21(20)31-4-2)25-22(28)12-6-5-9-15-27-23(29)18-10-7-8-11-19(18)26-24(27)32/h7-8,10-11,13-14,16H,3-6,9,12,15H2,1-2H3,(H,25,28)(H,26,32). The van der Waals surface area contributed by atoms with E-state index in [-0.39, 0.29) is 11.5 Å². The Labute approximate surface area is 192 Å². The van der Waals surface area contributed by atoms with Gasteiger partial charge in [-0.2, -0.15) is 0 Å². The number of carbonyl (C=O) groups excluding carboxylic acids is 1. The van der Waals surface area contributed by atoms with E-state index in [9.17, 15) is 9.59 Å². The first kappa shape index (κ1) is 23.5. The van der Waals surface area contributed by atoms with E-state index >= 15 is 0 Å². The third kappa shape index (κ3) is 5.97. The smallest absolute Gasteiger partial charge is 0.262 e. The molecule has 2 aromatic carbocycles. The van der Waals surface area contributed by atoms with E-state index in [1.54, 1.807) is 28.8 Å². The van der Waals surface area contributed by atoms with Crippen LogP contribution in [0.15, 0.2) is 47.3 Å². The van der Waals surface area contributed by atoms with Gasteiger partial charge in [0.2, 0.25) is 5.91 Å². The van der Waals surface area contributed by atoms with Gasteiger partial charge in [0.15, 0.2) is 16.3 Å². The number of para-hydroxylation sites is 1. The molecule has 0 fully saturated rings. The van der Waals surface area contributed by atoms with E-state index in [1.165, 1.54) is 0 Å². The normalized spacial score (nSPS) is 10.8. The summed E-state index contributed by atoms with van der Waals surface area (Å²) < 4.78 is 13.2. The minimum Gasteiger partial charge on any atom is -0.490 e. The quantitative estimate of drug-likeness (QED) is 0.312. The van der Waals surface area contributed by atoms with Crippen LogP contribution in [0.1, 0.15) is 39.5 Å². The van der Waals surface area contributed by atoms with Crippen molar-refractivity contribution in [3.05, 3.63) is 57.6 Å². The molecule has 0 saturated carbocycles. The Kier molecular flexibility index (Phi) is 8.44. The predicted molar refractivity (Wildman–Crippen MR) is 129 cm³/mol.